The molecule has 2 aromatic rings. The molecule has 0 saturated heterocycles. The molecule has 0 atom stereocenters. The third kappa shape index (κ3) is 3.54. The van der Waals surface area contributed by atoms with Crippen LogP contribution in [0, 0.1) is 6.92 Å². The van der Waals surface area contributed by atoms with Crippen molar-refractivity contribution in [1.29, 1.82) is 0 Å². The summed E-state index contributed by atoms with van der Waals surface area (Å²) in [6.45, 7) is 5.18. The monoisotopic (exact) mass is 270 g/mol. The molecule has 104 valence electrons. The number of aromatic nitrogens is 2. The van der Waals surface area contributed by atoms with Crippen LogP contribution in [0.15, 0.2) is 36.8 Å². The molecule has 2 heterocycles. The average molecular weight is 270 g/mol. The zero-order chi connectivity index (χ0) is 14.4. The minimum atomic E-state index is -0.159. The Morgan fingerprint density at radius 3 is 2.90 bits per heavy atom. The number of pyridine rings is 2. The number of aryl methyl sites for hydroxylation is 1. The SMILES string of the molecule is CCNC(=O)c1cc(NCc2cnccc2C)ccn1. The van der Waals surface area contributed by atoms with E-state index >= 15 is 0 Å². The van der Waals surface area contributed by atoms with Gasteiger partial charge in [0.05, 0.1) is 0 Å². The Hall–Kier alpha value is -2.43. The van der Waals surface area contributed by atoms with Crippen LogP contribution < -0.4 is 10.6 Å². The van der Waals surface area contributed by atoms with Gasteiger partial charge in [-0.3, -0.25) is 14.8 Å². The number of rotatable bonds is 5. The number of amides is 1. The lowest BCUT2D eigenvalue weighted by Crippen LogP contribution is -2.23. The van der Waals surface area contributed by atoms with Crippen LogP contribution in [-0.4, -0.2) is 22.4 Å². The molecule has 5 nitrogen and oxygen atoms in total. The fraction of sp³-hybridized carbons (Fsp3) is 0.267. The molecule has 2 N–H and O–H groups in total. The van der Waals surface area contributed by atoms with E-state index in [0.717, 1.165) is 11.3 Å². The van der Waals surface area contributed by atoms with E-state index < -0.39 is 0 Å². The first kappa shape index (κ1) is 14.0. The van der Waals surface area contributed by atoms with Gasteiger partial charge in [-0.1, -0.05) is 0 Å². The minimum absolute atomic E-state index is 0.159. The molecule has 2 aromatic heterocycles. The van der Waals surface area contributed by atoms with Crippen LogP contribution in [0.3, 0.4) is 0 Å². The number of hydrogen-bond acceptors (Lipinski definition) is 4. The summed E-state index contributed by atoms with van der Waals surface area (Å²) in [5, 5.41) is 6.01. The summed E-state index contributed by atoms with van der Waals surface area (Å²) >= 11 is 0. The highest BCUT2D eigenvalue weighted by molar-refractivity contribution is 5.93. The van der Waals surface area contributed by atoms with Gasteiger partial charge in [0, 0.05) is 37.4 Å². The Morgan fingerprint density at radius 1 is 1.30 bits per heavy atom. The second-order valence-corrected chi connectivity index (χ2v) is 4.44. The van der Waals surface area contributed by atoms with Crippen LogP contribution >= 0.6 is 0 Å². The maximum Gasteiger partial charge on any atom is 0.269 e. The van der Waals surface area contributed by atoms with Crippen molar-refractivity contribution >= 4 is 11.6 Å². The number of anilines is 1. The summed E-state index contributed by atoms with van der Waals surface area (Å²) in [4.78, 5) is 19.9. The molecule has 0 aromatic carbocycles. The second-order valence-electron chi connectivity index (χ2n) is 4.44. The van der Waals surface area contributed by atoms with Crippen LogP contribution in [0.2, 0.25) is 0 Å². The smallest absolute Gasteiger partial charge is 0.269 e. The zero-order valence-electron chi connectivity index (χ0n) is 11.7. The number of carbonyl (C=O) groups excluding carboxylic acids is 1. The highest BCUT2D eigenvalue weighted by atomic mass is 16.1. The van der Waals surface area contributed by atoms with Crippen molar-refractivity contribution in [3.63, 3.8) is 0 Å². The van der Waals surface area contributed by atoms with Gasteiger partial charge in [-0.25, -0.2) is 0 Å². The highest BCUT2D eigenvalue weighted by Crippen LogP contribution is 2.12. The summed E-state index contributed by atoms with van der Waals surface area (Å²) in [6.07, 6.45) is 5.25. The Morgan fingerprint density at radius 2 is 2.15 bits per heavy atom. The number of nitrogens with zero attached hydrogens (tertiary/aromatic N) is 2. The molecule has 0 aliphatic heterocycles. The Bertz CT molecular complexity index is 598. The van der Waals surface area contributed by atoms with Crippen molar-refractivity contribution in [3.8, 4) is 0 Å². The van der Waals surface area contributed by atoms with Crippen molar-refractivity contribution in [2.75, 3.05) is 11.9 Å². The maximum atomic E-state index is 11.7. The first-order valence-corrected chi connectivity index (χ1v) is 6.58. The van der Waals surface area contributed by atoms with Crippen molar-refractivity contribution < 1.29 is 4.79 Å². The highest BCUT2D eigenvalue weighted by Gasteiger charge is 2.06. The van der Waals surface area contributed by atoms with Gasteiger partial charge in [-0.15, -0.1) is 0 Å². The maximum absolute atomic E-state index is 11.7. The van der Waals surface area contributed by atoms with Gasteiger partial charge >= 0.3 is 0 Å². The van der Waals surface area contributed by atoms with Gasteiger partial charge in [0.15, 0.2) is 0 Å². The quantitative estimate of drug-likeness (QED) is 0.873. The van der Waals surface area contributed by atoms with Crippen molar-refractivity contribution in [3.05, 3.63) is 53.6 Å². The van der Waals surface area contributed by atoms with Crippen molar-refractivity contribution in [2.45, 2.75) is 20.4 Å². The fourth-order valence-electron chi connectivity index (χ4n) is 1.79. The van der Waals surface area contributed by atoms with Gasteiger partial charge in [0.25, 0.3) is 5.91 Å². The predicted octanol–water partition coefficient (Wildman–Crippen LogP) is 2.15. The molecule has 0 aliphatic rings. The lowest BCUT2D eigenvalue weighted by molar-refractivity contribution is 0.0951. The Balaban J connectivity index is 2.05. The van der Waals surface area contributed by atoms with Crippen molar-refractivity contribution in [1.82, 2.24) is 15.3 Å². The van der Waals surface area contributed by atoms with E-state index in [1.807, 2.05) is 32.2 Å². The summed E-state index contributed by atoms with van der Waals surface area (Å²) in [7, 11) is 0. The molecule has 0 spiro atoms. The van der Waals surface area contributed by atoms with Crippen molar-refractivity contribution in [2.24, 2.45) is 0 Å². The van der Waals surface area contributed by atoms with E-state index in [4.69, 9.17) is 0 Å². The molecule has 0 unspecified atom stereocenters. The van der Waals surface area contributed by atoms with E-state index in [9.17, 15) is 4.79 Å². The van der Waals surface area contributed by atoms with E-state index in [2.05, 4.69) is 20.6 Å². The third-order valence-electron chi connectivity index (χ3n) is 2.96. The summed E-state index contributed by atoms with van der Waals surface area (Å²) in [5.41, 5.74) is 3.60. The summed E-state index contributed by atoms with van der Waals surface area (Å²) in [5.74, 6) is -0.159. The third-order valence-corrected chi connectivity index (χ3v) is 2.96. The Labute approximate surface area is 118 Å². The van der Waals surface area contributed by atoms with E-state index in [-0.39, 0.29) is 5.91 Å². The van der Waals surface area contributed by atoms with Gasteiger partial charge in [0.1, 0.15) is 5.69 Å². The predicted molar refractivity (Wildman–Crippen MR) is 78.5 cm³/mol. The zero-order valence-corrected chi connectivity index (χ0v) is 11.7. The van der Waals surface area contributed by atoms with Gasteiger partial charge in [0.2, 0.25) is 0 Å². The fourth-order valence-corrected chi connectivity index (χ4v) is 1.79. The van der Waals surface area contributed by atoms with Crippen LogP contribution in [0.1, 0.15) is 28.5 Å². The first-order valence-electron chi connectivity index (χ1n) is 6.58. The standard InChI is InChI=1S/C15H18N4O/c1-3-17-15(20)14-8-13(5-7-18-14)19-10-12-9-16-6-4-11(12)2/h4-9H,3,10H2,1-2H3,(H,17,20)(H,18,19). The minimum Gasteiger partial charge on any atom is -0.381 e. The topological polar surface area (TPSA) is 66.9 Å². The molecule has 0 aliphatic carbocycles. The molecule has 1 amide bonds. The number of nitrogens with one attached hydrogen (secondary N) is 2. The lowest BCUT2D eigenvalue weighted by atomic mass is 10.1. The first-order chi connectivity index (χ1) is 9.70. The molecule has 0 bridgehead atoms. The Kier molecular flexibility index (Phi) is 4.65. The molecular weight excluding hydrogens is 252 g/mol. The molecule has 2 rings (SSSR count). The van der Waals surface area contributed by atoms with Gasteiger partial charge in [-0.2, -0.15) is 0 Å². The largest absolute Gasteiger partial charge is 0.381 e. The number of hydrogen-bond donors (Lipinski definition) is 2. The van der Waals surface area contributed by atoms with Gasteiger partial charge < -0.3 is 10.6 Å². The van der Waals surface area contributed by atoms with Crippen LogP contribution in [-0.2, 0) is 6.54 Å². The molecule has 5 heteroatoms. The number of carbonyl (C=O) groups is 1. The molecular formula is C15H18N4O. The molecule has 0 radical (unpaired) electrons. The molecule has 20 heavy (non-hydrogen) atoms. The molecule has 0 saturated carbocycles. The second kappa shape index (κ2) is 6.65. The van der Waals surface area contributed by atoms with Crippen LogP contribution in [0.25, 0.3) is 0 Å². The summed E-state index contributed by atoms with van der Waals surface area (Å²) < 4.78 is 0. The van der Waals surface area contributed by atoms with Crippen LogP contribution in [0.4, 0.5) is 5.69 Å². The summed E-state index contributed by atoms with van der Waals surface area (Å²) in [6, 6.07) is 5.56. The van der Waals surface area contributed by atoms with Crippen LogP contribution in [0.5, 0.6) is 0 Å². The van der Waals surface area contributed by atoms with E-state index in [1.165, 1.54) is 5.56 Å². The lowest BCUT2D eigenvalue weighted by Gasteiger charge is -2.09. The normalized spacial score (nSPS) is 10.1. The molecule has 0 fully saturated rings. The van der Waals surface area contributed by atoms with E-state index in [1.54, 1.807) is 18.5 Å². The average Bonchev–Trinajstić information content (AvgIpc) is 2.47. The van der Waals surface area contributed by atoms with Gasteiger partial charge in [-0.05, 0) is 43.2 Å². The van der Waals surface area contributed by atoms with E-state index in [0.29, 0.717) is 18.8 Å².